The molecule has 0 radical (unpaired) electrons. The molecule has 1 aromatic carbocycles. The lowest BCUT2D eigenvalue weighted by Crippen LogP contribution is -2.44. The summed E-state index contributed by atoms with van der Waals surface area (Å²) in [7, 11) is 0. The van der Waals surface area contributed by atoms with Gasteiger partial charge in [-0.25, -0.2) is 0 Å². The molecule has 16 heavy (non-hydrogen) atoms. The Balaban J connectivity index is 2.70. The Kier molecular flexibility index (Phi) is 2.79. The predicted molar refractivity (Wildman–Crippen MR) is 69.7 cm³/mol. The molecule has 1 saturated carbocycles. The first-order chi connectivity index (χ1) is 7.38. The fourth-order valence-electron chi connectivity index (χ4n) is 2.65. The molecule has 1 aliphatic rings. The highest BCUT2D eigenvalue weighted by atomic mass is 79.9. The van der Waals surface area contributed by atoms with Crippen molar-refractivity contribution in [3.8, 4) is 5.75 Å². The second-order valence-electron chi connectivity index (χ2n) is 4.92. The van der Waals surface area contributed by atoms with Crippen LogP contribution in [0.2, 0.25) is 0 Å². The van der Waals surface area contributed by atoms with Crippen molar-refractivity contribution in [1.82, 2.24) is 0 Å². The summed E-state index contributed by atoms with van der Waals surface area (Å²) in [5, 5.41) is 9.96. The molecule has 0 bridgehead atoms. The van der Waals surface area contributed by atoms with Crippen molar-refractivity contribution < 1.29 is 5.11 Å². The summed E-state index contributed by atoms with van der Waals surface area (Å²) in [5.74, 6) is 0.349. The molecule has 88 valence electrons. The molecule has 0 spiro atoms. The SMILES string of the molecule is Cc1c(C)c(C2(N)CCC2)c(C)c(Br)c1O. The average molecular weight is 284 g/mol. The molecule has 3 N–H and O–H groups in total. The van der Waals surface area contributed by atoms with Gasteiger partial charge in [-0.1, -0.05) is 0 Å². The summed E-state index contributed by atoms with van der Waals surface area (Å²) in [5.41, 5.74) is 10.6. The van der Waals surface area contributed by atoms with Crippen molar-refractivity contribution in [2.45, 2.75) is 45.6 Å². The summed E-state index contributed by atoms with van der Waals surface area (Å²) in [4.78, 5) is 0. The maximum absolute atomic E-state index is 9.96. The third kappa shape index (κ3) is 1.49. The number of halogens is 1. The van der Waals surface area contributed by atoms with Crippen molar-refractivity contribution in [3.05, 3.63) is 26.7 Å². The summed E-state index contributed by atoms with van der Waals surface area (Å²) in [6, 6.07) is 0. The van der Waals surface area contributed by atoms with Crippen LogP contribution in [-0.4, -0.2) is 5.11 Å². The highest BCUT2D eigenvalue weighted by molar-refractivity contribution is 9.10. The van der Waals surface area contributed by atoms with E-state index in [4.69, 9.17) is 5.73 Å². The zero-order valence-electron chi connectivity index (χ0n) is 10.0. The highest BCUT2D eigenvalue weighted by Gasteiger charge is 2.38. The summed E-state index contributed by atoms with van der Waals surface area (Å²) < 4.78 is 0.794. The van der Waals surface area contributed by atoms with Gasteiger partial charge in [0, 0.05) is 5.54 Å². The van der Waals surface area contributed by atoms with Crippen LogP contribution in [-0.2, 0) is 5.54 Å². The van der Waals surface area contributed by atoms with Gasteiger partial charge in [0.2, 0.25) is 0 Å². The Hall–Kier alpha value is -0.540. The molecule has 1 aromatic rings. The molecule has 3 heteroatoms. The lowest BCUT2D eigenvalue weighted by Gasteiger charge is -2.41. The number of rotatable bonds is 1. The number of aromatic hydroxyl groups is 1. The van der Waals surface area contributed by atoms with Crippen LogP contribution in [0.15, 0.2) is 4.47 Å². The molecular formula is C13H18BrNO. The molecule has 1 aliphatic carbocycles. The fourth-order valence-corrected chi connectivity index (χ4v) is 3.15. The van der Waals surface area contributed by atoms with E-state index in [9.17, 15) is 5.11 Å². The van der Waals surface area contributed by atoms with E-state index in [0.717, 1.165) is 34.0 Å². The van der Waals surface area contributed by atoms with Crippen LogP contribution in [0.4, 0.5) is 0 Å². The molecule has 2 rings (SSSR count). The maximum Gasteiger partial charge on any atom is 0.133 e. The number of phenols is 1. The minimum Gasteiger partial charge on any atom is -0.506 e. The molecule has 0 aliphatic heterocycles. The Morgan fingerprint density at radius 2 is 1.69 bits per heavy atom. The Morgan fingerprint density at radius 1 is 1.12 bits per heavy atom. The van der Waals surface area contributed by atoms with Gasteiger partial charge in [0.1, 0.15) is 5.75 Å². The minimum atomic E-state index is -0.171. The van der Waals surface area contributed by atoms with Gasteiger partial charge >= 0.3 is 0 Å². The monoisotopic (exact) mass is 283 g/mol. The van der Waals surface area contributed by atoms with Gasteiger partial charge < -0.3 is 10.8 Å². The fraction of sp³-hybridized carbons (Fsp3) is 0.538. The number of phenolic OH excluding ortho intramolecular Hbond substituents is 1. The summed E-state index contributed by atoms with van der Waals surface area (Å²) >= 11 is 3.46. The smallest absolute Gasteiger partial charge is 0.133 e. The maximum atomic E-state index is 9.96. The molecule has 0 saturated heterocycles. The first kappa shape index (κ1) is 11.9. The van der Waals surface area contributed by atoms with E-state index in [1.807, 2.05) is 13.8 Å². The first-order valence-corrected chi connectivity index (χ1v) is 6.45. The largest absolute Gasteiger partial charge is 0.506 e. The van der Waals surface area contributed by atoms with Crippen molar-refractivity contribution in [1.29, 1.82) is 0 Å². The van der Waals surface area contributed by atoms with Gasteiger partial charge in [-0.3, -0.25) is 0 Å². The topological polar surface area (TPSA) is 46.2 Å². The van der Waals surface area contributed by atoms with E-state index in [0.29, 0.717) is 5.75 Å². The second-order valence-corrected chi connectivity index (χ2v) is 5.72. The minimum absolute atomic E-state index is 0.171. The predicted octanol–water partition coefficient (Wildman–Crippen LogP) is 3.42. The molecule has 2 nitrogen and oxygen atoms in total. The van der Waals surface area contributed by atoms with E-state index in [1.54, 1.807) is 0 Å². The number of hydrogen-bond donors (Lipinski definition) is 2. The van der Waals surface area contributed by atoms with Crippen LogP contribution in [0.5, 0.6) is 5.75 Å². The quantitative estimate of drug-likeness (QED) is 0.830. The normalized spacial score (nSPS) is 18.3. The number of benzene rings is 1. The Morgan fingerprint density at radius 3 is 2.12 bits per heavy atom. The number of hydrogen-bond acceptors (Lipinski definition) is 2. The molecule has 0 unspecified atom stereocenters. The first-order valence-electron chi connectivity index (χ1n) is 5.66. The Labute approximate surface area is 105 Å². The van der Waals surface area contributed by atoms with Crippen LogP contribution >= 0.6 is 15.9 Å². The molecule has 0 amide bonds. The van der Waals surface area contributed by atoms with Crippen LogP contribution < -0.4 is 5.73 Å². The van der Waals surface area contributed by atoms with E-state index in [1.165, 1.54) is 12.0 Å². The lowest BCUT2D eigenvalue weighted by molar-refractivity contribution is 0.250. The molecule has 0 atom stereocenters. The highest BCUT2D eigenvalue weighted by Crippen LogP contribution is 2.46. The number of nitrogens with two attached hydrogens (primary N) is 1. The molecule has 0 heterocycles. The van der Waals surface area contributed by atoms with Gasteiger partial charge in [0.15, 0.2) is 0 Å². The van der Waals surface area contributed by atoms with Crippen molar-refractivity contribution in [3.63, 3.8) is 0 Å². The summed E-state index contributed by atoms with van der Waals surface area (Å²) in [6.45, 7) is 6.02. The third-order valence-electron chi connectivity index (χ3n) is 3.95. The van der Waals surface area contributed by atoms with Crippen LogP contribution in [0.1, 0.15) is 41.5 Å². The summed E-state index contributed by atoms with van der Waals surface area (Å²) in [6.07, 6.45) is 3.30. The zero-order chi connectivity index (χ0) is 12.1. The van der Waals surface area contributed by atoms with E-state index >= 15 is 0 Å². The van der Waals surface area contributed by atoms with Gasteiger partial charge in [0.05, 0.1) is 4.47 Å². The van der Waals surface area contributed by atoms with Gasteiger partial charge in [-0.05, 0) is 78.2 Å². The van der Waals surface area contributed by atoms with Crippen molar-refractivity contribution >= 4 is 15.9 Å². The molecule has 0 aromatic heterocycles. The van der Waals surface area contributed by atoms with Crippen LogP contribution in [0.25, 0.3) is 0 Å². The third-order valence-corrected chi connectivity index (χ3v) is 4.92. The zero-order valence-corrected chi connectivity index (χ0v) is 11.6. The van der Waals surface area contributed by atoms with E-state index in [-0.39, 0.29) is 5.54 Å². The molecule has 1 fully saturated rings. The molecular weight excluding hydrogens is 266 g/mol. The van der Waals surface area contributed by atoms with Crippen LogP contribution in [0, 0.1) is 20.8 Å². The standard InChI is InChI=1S/C13H18BrNO/c1-7-8(2)12(16)11(14)9(3)10(7)13(15)5-4-6-13/h16H,4-6,15H2,1-3H3. The van der Waals surface area contributed by atoms with Crippen molar-refractivity contribution in [2.24, 2.45) is 5.73 Å². The van der Waals surface area contributed by atoms with Gasteiger partial charge in [0.25, 0.3) is 0 Å². The average Bonchev–Trinajstić information content (AvgIpc) is 2.21. The second kappa shape index (κ2) is 3.74. The van der Waals surface area contributed by atoms with Gasteiger partial charge in [-0.2, -0.15) is 0 Å². The van der Waals surface area contributed by atoms with E-state index in [2.05, 4.69) is 22.9 Å². The lowest BCUT2D eigenvalue weighted by atomic mass is 9.69. The Bertz CT molecular complexity index is 421. The van der Waals surface area contributed by atoms with E-state index < -0.39 is 0 Å². The van der Waals surface area contributed by atoms with Crippen molar-refractivity contribution in [2.75, 3.05) is 0 Å². The van der Waals surface area contributed by atoms with Crippen LogP contribution in [0.3, 0.4) is 0 Å². The van der Waals surface area contributed by atoms with Gasteiger partial charge in [-0.15, -0.1) is 0 Å².